The Balaban J connectivity index is 1.59. The molecule has 2 aromatic heterocycles. The molecular weight excluding hydrogens is 294 g/mol. The van der Waals surface area contributed by atoms with Gasteiger partial charge in [0.15, 0.2) is 0 Å². The third-order valence-electron chi connectivity index (χ3n) is 4.57. The van der Waals surface area contributed by atoms with Crippen LogP contribution in [0.2, 0.25) is 0 Å². The Labute approximate surface area is 136 Å². The predicted molar refractivity (Wildman–Crippen MR) is 94.2 cm³/mol. The van der Waals surface area contributed by atoms with Crippen LogP contribution in [0.4, 0.5) is 0 Å². The van der Waals surface area contributed by atoms with Gasteiger partial charge in [0, 0.05) is 22.2 Å². The fraction of sp³-hybridized carbons (Fsp3) is 0.556. The third-order valence-corrected chi connectivity index (χ3v) is 6.45. The topological polar surface area (TPSA) is 12.0 Å². The average Bonchev–Trinajstić information content (AvgIpc) is 3.16. The van der Waals surface area contributed by atoms with E-state index in [1.54, 1.807) is 0 Å². The van der Waals surface area contributed by atoms with Crippen LogP contribution in [0.1, 0.15) is 48.4 Å². The van der Waals surface area contributed by atoms with Gasteiger partial charge in [-0.15, -0.1) is 22.7 Å². The molecule has 0 amide bonds. The highest BCUT2D eigenvalue weighted by molar-refractivity contribution is 7.10. The van der Waals surface area contributed by atoms with Gasteiger partial charge in [-0.05, 0) is 54.1 Å². The molecule has 21 heavy (non-hydrogen) atoms. The van der Waals surface area contributed by atoms with Crippen LogP contribution in [-0.2, 0) is 6.42 Å². The maximum Gasteiger partial charge on any atom is 0.0463 e. The second-order valence-electron chi connectivity index (χ2n) is 6.40. The van der Waals surface area contributed by atoms with E-state index in [4.69, 9.17) is 0 Å². The maximum absolute atomic E-state index is 3.87. The zero-order valence-electron chi connectivity index (χ0n) is 12.8. The molecule has 1 saturated carbocycles. The van der Waals surface area contributed by atoms with Gasteiger partial charge < -0.3 is 5.32 Å². The molecule has 3 unspecified atom stereocenters. The molecule has 2 heterocycles. The van der Waals surface area contributed by atoms with E-state index in [1.165, 1.54) is 42.0 Å². The predicted octanol–water partition coefficient (Wildman–Crippen LogP) is 5.51. The molecule has 1 aliphatic rings. The van der Waals surface area contributed by atoms with E-state index in [1.807, 2.05) is 22.7 Å². The largest absolute Gasteiger partial charge is 0.309 e. The zero-order valence-corrected chi connectivity index (χ0v) is 14.4. The van der Waals surface area contributed by atoms with E-state index in [0.717, 1.165) is 18.3 Å². The molecule has 0 radical (unpaired) electrons. The number of nitrogens with one attached hydrogen (secondary N) is 1. The average molecular weight is 320 g/mol. The highest BCUT2D eigenvalue weighted by atomic mass is 32.1. The van der Waals surface area contributed by atoms with Crippen LogP contribution in [0.3, 0.4) is 0 Å². The molecule has 2 aromatic rings. The van der Waals surface area contributed by atoms with E-state index in [2.05, 4.69) is 47.3 Å². The number of rotatable bonds is 6. The second kappa shape index (κ2) is 7.57. The first-order valence-corrected chi connectivity index (χ1v) is 9.86. The molecule has 3 atom stereocenters. The smallest absolute Gasteiger partial charge is 0.0463 e. The molecule has 3 heteroatoms. The summed E-state index contributed by atoms with van der Waals surface area (Å²) in [6.45, 7) is 3.59. The SMILES string of the molecule is CC1CCCC(CNC(Cc2cccs2)c2cccs2)C1. The molecule has 0 spiro atoms. The minimum atomic E-state index is 0.487. The van der Waals surface area contributed by atoms with Crippen LogP contribution >= 0.6 is 22.7 Å². The molecule has 114 valence electrons. The van der Waals surface area contributed by atoms with Gasteiger partial charge in [0.2, 0.25) is 0 Å². The van der Waals surface area contributed by atoms with E-state index < -0.39 is 0 Å². The summed E-state index contributed by atoms with van der Waals surface area (Å²) in [6.07, 6.45) is 6.79. The van der Waals surface area contributed by atoms with Gasteiger partial charge in [-0.1, -0.05) is 31.9 Å². The summed E-state index contributed by atoms with van der Waals surface area (Å²) in [5, 5.41) is 8.25. The standard InChI is InChI=1S/C18H25NS2/c1-14-5-2-6-15(11-14)13-19-17(18-8-4-10-21-18)12-16-7-3-9-20-16/h3-4,7-10,14-15,17,19H,2,5-6,11-13H2,1H3. The van der Waals surface area contributed by atoms with Crippen LogP contribution < -0.4 is 5.32 Å². The Hall–Kier alpha value is -0.640. The van der Waals surface area contributed by atoms with Gasteiger partial charge in [0.1, 0.15) is 0 Å². The van der Waals surface area contributed by atoms with Crippen LogP contribution in [-0.4, -0.2) is 6.54 Å². The minimum absolute atomic E-state index is 0.487. The van der Waals surface area contributed by atoms with Gasteiger partial charge in [-0.3, -0.25) is 0 Å². The van der Waals surface area contributed by atoms with Gasteiger partial charge in [0.25, 0.3) is 0 Å². The highest BCUT2D eigenvalue weighted by Crippen LogP contribution is 2.30. The fourth-order valence-corrected chi connectivity index (χ4v) is 5.00. The fourth-order valence-electron chi connectivity index (χ4n) is 3.45. The van der Waals surface area contributed by atoms with Crippen molar-refractivity contribution in [2.45, 2.75) is 45.1 Å². The maximum atomic E-state index is 3.87. The summed E-state index contributed by atoms with van der Waals surface area (Å²) in [5.41, 5.74) is 0. The minimum Gasteiger partial charge on any atom is -0.309 e. The van der Waals surface area contributed by atoms with Crippen LogP contribution in [0, 0.1) is 11.8 Å². The first kappa shape index (κ1) is 15.3. The third kappa shape index (κ3) is 4.41. The Morgan fingerprint density at radius 2 is 2.05 bits per heavy atom. The van der Waals surface area contributed by atoms with Crippen molar-refractivity contribution in [3.8, 4) is 0 Å². The lowest BCUT2D eigenvalue weighted by atomic mass is 9.82. The van der Waals surface area contributed by atoms with E-state index in [0.29, 0.717) is 6.04 Å². The van der Waals surface area contributed by atoms with Gasteiger partial charge >= 0.3 is 0 Å². The highest BCUT2D eigenvalue weighted by Gasteiger charge is 2.21. The number of hydrogen-bond donors (Lipinski definition) is 1. The quantitative estimate of drug-likeness (QED) is 0.740. The van der Waals surface area contributed by atoms with E-state index >= 15 is 0 Å². The van der Waals surface area contributed by atoms with E-state index in [9.17, 15) is 0 Å². The van der Waals surface area contributed by atoms with Crippen molar-refractivity contribution in [2.75, 3.05) is 6.54 Å². The summed E-state index contributed by atoms with van der Waals surface area (Å²) in [7, 11) is 0. The lowest BCUT2D eigenvalue weighted by Gasteiger charge is -2.28. The van der Waals surface area contributed by atoms with Crippen molar-refractivity contribution in [1.29, 1.82) is 0 Å². The van der Waals surface area contributed by atoms with Crippen molar-refractivity contribution >= 4 is 22.7 Å². The van der Waals surface area contributed by atoms with Crippen molar-refractivity contribution in [2.24, 2.45) is 11.8 Å². The summed E-state index contributed by atoms with van der Waals surface area (Å²) in [5.74, 6) is 1.79. The van der Waals surface area contributed by atoms with Gasteiger partial charge in [0.05, 0.1) is 0 Å². The van der Waals surface area contributed by atoms with Gasteiger partial charge in [-0.25, -0.2) is 0 Å². The summed E-state index contributed by atoms with van der Waals surface area (Å²) in [6, 6.07) is 9.36. The Morgan fingerprint density at radius 3 is 2.76 bits per heavy atom. The number of thiophene rings is 2. The monoisotopic (exact) mass is 319 g/mol. The van der Waals surface area contributed by atoms with Crippen molar-refractivity contribution in [1.82, 2.24) is 5.32 Å². The Morgan fingerprint density at radius 1 is 1.19 bits per heavy atom. The molecule has 1 N–H and O–H groups in total. The molecule has 0 aromatic carbocycles. The number of hydrogen-bond acceptors (Lipinski definition) is 3. The summed E-state index contributed by atoms with van der Waals surface area (Å²) in [4.78, 5) is 2.96. The zero-order chi connectivity index (χ0) is 14.5. The molecule has 0 bridgehead atoms. The van der Waals surface area contributed by atoms with Crippen LogP contribution in [0.25, 0.3) is 0 Å². The second-order valence-corrected chi connectivity index (χ2v) is 8.41. The summed E-state index contributed by atoms with van der Waals surface area (Å²) < 4.78 is 0. The van der Waals surface area contributed by atoms with Crippen LogP contribution in [0.5, 0.6) is 0 Å². The van der Waals surface area contributed by atoms with E-state index in [-0.39, 0.29) is 0 Å². The first-order valence-electron chi connectivity index (χ1n) is 8.10. The lowest BCUT2D eigenvalue weighted by molar-refractivity contribution is 0.267. The lowest BCUT2D eigenvalue weighted by Crippen LogP contribution is -2.30. The molecule has 1 aliphatic carbocycles. The molecular formula is C18H25NS2. The first-order chi connectivity index (χ1) is 10.3. The Bertz CT molecular complexity index is 503. The normalized spacial score (nSPS) is 24.0. The molecule has 3 rings (SSSR count). The molecule has 1 fully saturated rings. The van der Waals surface area contributed by atoms with Crippen molar-refractivity contribution < 1.29 is 0 Å². The van der Waals surface area contributed by atoms with Crippen LogP contribution in [0.15, 0.2) is 35.0 Å². The molecule has 1 nitrogen and oxygen atoms in total. The summed E-state index contributed by atoms with van der Waals surface area (Å²) >= 11 is 3.76. The van der Waals surface area contributed by atoms with Gasteiger partial charge in [-0.2, -0.15) is 0 Å². The Kier molecular flexibility index (Phi) is 5.50. The molecule has 0 aliphatic heterocycles. The van der Waals surface area contributed by atoms with Crippen molar-refractivity contribution in [3.63, 3.8) is 0 Å². The molecule has 0 saturated heterocycles. The van der Waals surface area contributed by atoms with Crippen molar-refractivity contribution in [3.05, 3.63) is 44.8 Å².